The van der Waals surface area contributed by atoms with Gasteiger partial charge in [-0.05, 0) is 5.56 Å². The summed E-state index contributed by atoms with van der Waals surface area (Å²) in [5.74, 6) is 0. The topological polar surface area (TPSA) is 79.0 Å². The molecule has 0 fully saturated rings. The van der Waals surface area contributed by atoms with Crippen LogP contribution >= 0.6 is 0 Å². The highest BCUT2D eigenvalue weighted by molar-refractivity contribution is 5.32. The number of rotatable bonds is 3. The zero-order valence-corrected chi connectivity index (χ0v) is 6.73. The fourth-order valence-electron chi connectivity index (χ4n) is 0.877. The van der Waals surface area contributed by atoms with Gasteiger partial charge in [-0.25, -0.2) is 0 Å². The summed E-state index contributed by atoms with van der Waals surface area (Å²) in [6.45, 7) is 0.397. The lowest BCUT2D eigenvalue weighted by Gasteiger charge is -1.97. The Bertz CT molecular complexity index is 339. The molecule has 0 atom stereocenters. The molecule has 0 heterocycles. The van der Waals surface area contributed by atoms with Gasteiger partial charge in [0, 0.05) is 18.7 Å². The number of hydrogen-bond acceptors (Lipinski definition) is 4. The Balaban J connectivity index is 2.71. The molecule has 0 aliphatic heterocycles. The molecular formula is C8H7N3O2. The Morgan fingerprint density at radius 2 is 2.08 bits per heavy atom. The van der Waals surface area contributed by atoms with Crippen molar-refractivity contribution in [2.24, 2.45) is 0 Å². The minimum atomic E-state index is -0.457. The summed E-state index contributed by atoms with van der Waals surface area (Å²) in [4.78, 5) is 9.81. The van der Waals surface area contributed by atoms with Gasteiger partial charge in [-0.15, -0.1) is 0 Å². The molecule has 0 amide bonds. The summed E-state index contributed by atoms with van der Waals surface area (Å²) < 4.78 is 0. The number of benzene rings is 1. The van der Waals surface area contributed by atoms with E-state index >= 15 is 0 Å². The number of nitro groups is 1. The Labute approximate surface area is 74.8 Å². The number of non-ortho nitro benzene ring substituents is 1. The van der Waals surface area contributed by atoms with E-state index in [9.17, 15) is 10.1 Å². The van der Waals surface area contributed by atoms with Crippen molar-refractivity contribution >= 4 is 5.69 Å². The highest BCUT2D eigenvalue weighted by Gasteiger charge is 2.02. The van der Waals surface area contributed by atoms with Crippen LogP contribution in [0.15, 0.2) is 24.3 Å². The van der Waals surface area contributed by atoms with E-state index in [0.29, 0.717) is 6.54 Å². The molecule has 66 valence electrons. The Kier molecular flexibility index (Phi) is 2.82. The van der Waals surface area contributed by atoms with Crippen LogP contribution in [0.2, 0.25) is 0 Å². The first-order chi connectivity index (χ1) is 6.24. The predicted octanol–water partition coefficient (Wildman–Crippen LogP) is 1.17. The van der Waals surface area contributed by atoms with Gasteiger partial charge in [-0.1, -0.05) is 12.1 Å². The molecule has 0 unspecified atom stereocenters. The van der Waals surface area contributed by atoms with E-state index in [1.807, 2.05) is 0 Å². The third kappa shape index (κ3) is 2.45. The first kappa shape index (κ1) is 9.00. The maximum atomic E-state index is 10.3. The van der Waals surface area contributed by atoms with Crippen molar-refractivity contribution in [2.45, 2.75) is 6.54 Å². The van der Waals surface area contributed by atoms with Gasteiger partial charge < -0.3 is 5.32 Å². The SMILES string of the molecule is N#CNCc1ccc([N+](=O)[O-])cc1. The van der Waals surface area contributed by atoms with Gasteiger partial charge in [-0.2, -0.15) is 5.26 Å². The first-order valence-corrected chi connectivity index (χ1v) is 3.59. The van der Waals surface area contributed by atoms with E-state index in [2.05, 4.69) is 5.32 Å². The number of hydrogen-bond donors (Lipinski definition) is 1. The van der Waals surface area contributed by atoms with Crippen molar-refractivity contribution in [3.8, 4) is 6.19 Å². The van der Waals surface area contributed by atoms with Crippen molar-refractivity contribution in [3.05, 3.63) is 39.9 Å². The van der Waals surface area contributed by atoms with Crippen molar-refractivity contribution < 1.29 is 4.92 Å². The van der Waals surface area contributed by atoms with Crippen LogP contribution in [0.4, 0.5) is 5.69 Å². The summed E-state index contributed by atoms with van der Waals surface area (Å²) in [6.07, 6.45) is 1.77. The third-order valence-corrected chi connectivity index (χ3v) is 1.52. The average molecular weight is 177 g/mol. The lowest BCUT2D eigenvalue weighted by atomic mass is 10.2. The molecule has 0 spiro atoms. The molecule has 1 rings (SSSR count). The quantitative estimate of drug-likeness (QED) is 0.325. The van der Waals surface area contributed by atoms with E-state index in [0.717, 1.165) is 5.56 Å². The highest BCUT2D eigenvalue weighted by atomic mass is 16.6. The van der Waals surface area contributed by atoms with Crippen LogP contribution < -0.4 is 5.32 Å². The van der Waals surface area contributed by atoms with Gasteiger partial charge in [-0.3, -0.25) is 10.1 Å². The summed E-state index contributed by atoms with van der Waals surface area (Å²) in [6, 6.07) is 6.05. The number of nitrogens with zero attached hydrogens (tertiary/aromatic N) is 2. The number of nitrogens with one attached hydrogen (secondary N) is 1. The molecule has 1 aromatic rings. The molecule has 1 aromatic carbocycles. The van der Waals surface area contributed by atoms with Gasteiger partial charge in [0.2, 0.25) is 0 Å². The minimum Gasteiger partial charge on any atom is -0.319 e. The molecule has 0 aromatic heterocycles. The van der Waals surface area contributed by atoms with Crippen LogP contribution in [-0.2, 0) is 6.54 Å². The summed E-state index contributed by atoms with van der Waals surface area (Å²) in [5, 5.41) is 20.9. The first-order valence-electron chi connectivity index (χ1n) is 3.59. The summed E-state index contributed by atoms with van der Waals surface area (Å²) in [5.41, 5.74) is 0.896. The lowest BCUT2D eigenvalue weighted by Crippen LogP contribution is -2.04. The second-order valence-corrected chi connectivity index (χ2v) is 2.39. The van der Waals surface area contributed by atoms with Crippen LogP contribution in [0.25, 0.3) is 0 Å². The Morgan fingerprint density at radius 3 is 2.54 bits per heavy atom. The fraction of sp³-hybridized carbons (Fsp3) is 0.125. The normalized spacial score (nSPS) is 8.85. The molecule has 0 aliphatic carbocycles. The van der Waals surface area contributed by atoms with Crippen LogP contribution in [0.1, 0.15) is 5.56 Å². The molecule has 5 nitrogen and oxygen atoms in total. The van der Waals surface area contributed by atoms with Gasteiger partial charge in [0.1, 0.15) is 0 Å². The molecule has 0 saturated carbocycles. The number of nitro benzene ring substituents is 1. The maximum absolute atomic E-state index is 10.3. The summed E-state index contributed by atoms with van der Waals surface area (Å²) in [7, 11) is 0. The van der Waals surface area contributed by atoms with Crippen molar-refractivity contribution in [1.82, 2.24) is 5.32 Å². The molecule has 0 bridgehead atoms. The lowest BCUT2D eigenvalue weighted by molar-refractivity contribution is -0.384. The standard InChI is InChI=1S/C8H7N3O2/c9-6-10-5-7-1-3-8(4-2-7)11(12)13/h1-4,10H,5H2. The second kappa shape index (κ2) is 4.07. The summed E-state index contributed by atoms with van der Waals surface area (Å²) >= 11 is 0. The van der Waals surface area contributed by atoms with Crippen molar-refractivity contribution in [3.63, 3.8) is 0 Å². The molecule has 1 N–H and O–H groups in total. The third-order valence-electron chi connectivity index (χ3n) is 1.52. The van der Waals surface area contributed by atoms with Gasteiger partial charge >= 0.3 is 0 Å². The molecular weight excluding hydrogens is 170 g/mol. The van der Waals surface area contributed by atoms with E-state index in [4.69, 9.17) is 5.26 Å². The van der Waals surface area contributed by atoms with Crippen LogP contribution in [0.3, 0.4) is 0 Å². The number of nitriles is 1. The Hall–Kier alpha value is -2.09. The van der Waals surface area contributed by atoms with Gasteiger partial charge in [0.25, 0.3) is 5.69 Å². The van der Waals surface area contributed by atoms with Crippen molar-refractivity contribution in [2.75, 3.05) is 0 Å². The van der Waals surface area contributed by atoms with Crippen LogP contribution in [-0.4, -0.2) is 4.92 Å². The monoisotopic (exact) mass is 177 g/mol. The van der Waals surface area contributed by atoms with E-state index in [1.165, 1.54) is 12.1 Å². The zero-order chi connectivity index (χ0) is 9.68. The smallest absolute Gasteiger partial charge is 0.269 e. The molecule has 0 aliphatic rings. The van der Waals surface area contributed by atoms with E-state index < -0.39 is 4.92 Å². The largest absolute Gasteiger partial charge is 0.319 e. The maximum Gasteiger partial charge on any atom is 0.269 e. The average Bonchev–Trinajstić information content (AvgIpc) is 2.15. The zero-order valence-electron chi connectivity index (χ0n) is 6.73. The predicted molar refractivity (Wildman–Crippen MR) is 45.5 cm³/mol. The van der Waals surface area contributed by atoms with Gasteiger partial charge in [0.05, 0.1) is 4.92 Å². The molecule has 0 saturated heterocycles. The molecule has 0 radical (unpaired) electrons. The minimum absolute atomic E-state index is 0.0562. The second-order valence-electron chi connectivity index (χ2n) is 2.39. The molecule has 5 heteroatoms. The van der Waals surface area contributed by atoms with Crippen LogP contribution in [0, 0.1) is 21.6 Å². The molecule has 13 heavy (non-hydrogen) atoms. The van der Waals surface area contributed by atoms with E-state index in [1.54, 1.807) is 18.3 Å². The van der Waals surface area contributed by atoms with Crippen molar-refractivity contribution in [1.29, 1.82) is 5.26 Å². The highest BCUT2D eigenvalue weighted by Crippen LogP contribution is 2.11. The fourth-order valence-corrected chi connectivity index (χ4v) is 0.877. The Morgan fingerprint density at radius 1 is 1.46 bits per heavy atom. The van der Waals surface area contributed by atoms with Crippen LogP contribution in [0.5, 0.6) is 0 Å². The van der Waals surface area contributed by atoms with Gasteiger partial charge in [0.15, 0.2) is 6.19 Å². The van der Waals surface area contributed by atoms with E-state index in [-0.39, 0.29) is 5.69 Å².